The van der Waals surface area contributed by atoms with Crippen LogP contribution in [0.1, 0.15) is 19.3 Å². The van der Waals surface area contributed by atoms with E-state index < -0.39 is 0 Å². The molecule has 2 nitrogen and oxygen atoms in total. The lowest BCUT2D eigenvalue weighted by Gasteiger charge is -2.24. The molecule has 1 aliphatic rings. The summed E-state index contributed by atoms with van der Waals surface area (Å²) in [5, 5.41) is 3.38. The van der Waals surface area contributed by atoms with Crippen molar-refractivity contribution in [3.63, 3.8) is 0 Å². The maximum Gasteiger partial charge on any atom is 0.0596 e. The second kappa shape index (κ2) is 6.01. The van der Waals surface area contributed by atoms with Gasteiger partial charge < -0.3 is 5.32 Å². The number of hydrogen-bond acceptors (Lipinski definition) is 2. The van der Waals surface area contributed by atoms with Gasteiger partial charge in [0.1, 0.15) is 0 Å². The molecule has 0 spiro atoms. The summed E-state index contributed by atoms with van der Waals surface area (Å²) in [5.74, 6) is 3.59. The number of hydrogen-bond donors (Lipinski definition) is 1. The SMILES string of the molecule is C#CCN(C)CCC1CCNCC1. The van der Waals surface area contributed by atoms with E-state index >= 15 is 0 Å². The van der Waals surface area contributed by atoms with Crippen LogP contribution in [-0.2, 0) is 0 Å². The van der Waals surface area contributed by atoms with Gasteiger partial charge in [0.2, 0.25) is 0 Å². The van der Waals surface area contributed by atoms with Crippen LogP contribution < -0.4 is 5.32 Å². The number of nitrogens with one attached hydrogen (secondary N) is 1. The molecule has 0 bridgehead atoms. The van der Waals surface area contributed by atoms with Crippen molar-refractivity contribution in [2.24, 2.45) is 5.92 Å². The van der Waals surface area contributed by atoms with E-state index in [0.717, 1.165) is 19.0 Å². The van der Waals surface area contributed by atoms with Crippen molar-refractivity contribution >= 4 is 0 Å². The molecule has 74 valence electrons. The Kier molecular flexibility index (Phi) is 4.88. The highest BCUT2D eigenvalue weighted by molar-refractivity contribution is 4.87. The van der Waals surface area contributed by atoms with Crippen molar-refractivity contribution < 1.29 is 0 Å². The van der Waals surface area contributed by atoms with Gasteiger partial charge in [0.05, 0.1) is 6.54 Å². The monoisotopic (exact) mass is 180 g/mol. The maximum absolute atomic E-state index is 5.24. The summed E-state index contributed by atoms with van der Waals surface area (Å²) in [5.41, 5.74) is 0. The normalized spacial score (nSPS) is 18.8. The molecule has 1 saturated heterocycles. The fraction of sp³-hybridized carbons (Fsp3) is 0.818. The van der Waals surface area contributed by atoms with Crippen LogP contribution >= 0.6 is 0 Å². The Bertz CT molecular complexity index is 165. The molecule has 1 heterocycles. The summed E-state index contributed by atoms with van der Waals surface area (Å²) in [6.07, 6.45) is 9.22. The van der Waals surface area contributed by atoms with Crippen molar-refractivity contribution in [3.05, 3.63) is 0 Å². The first-order chi connectivity index (χ1) is 6.33. The third-order valence-electron chi connectivity index (χ3n) is 2.74. The minimum atomic E-state index is 0.783. The van der Waals surface area contributed by atoms with Gasteiger partial charge in [-0.05, 0) is 51.9 Å². The maximum atomic E-state index is 5.24. The minimum absolute atomic E-state index is 0.783. The number of rotatable bonds is 4. The second-order valence-electron chi connectivity index (χ2n) is 3.92. The van der Waals surface area contributed by atoms with Gasteiger partial charge in [0, 0.05) is 0 Å². The topological polar surface area (TPSA) is 15.3 Å². The lowest BCUT2D eigenvalue weighted by Crippen LogP contribution is -2.30. The predicted octanol–water partition coefficient (Wildman–Crippen LogP) is 0.941. The van der Waals surface area contributed by atoms with Crippen molar-refractivity contribution in [2.45, 2.75) is 19.3 Å². The summed E-state index contributed by atoms with van der Waals surface area (Å²) in [6, 6.07) is 0. The molecule has 0 aromatic carbocycles. The van der Waals surface area contributed by atoms with E-state index in [1.165, 1.54) is 32.4 Å². The second-order valence-corrected chi connectivity index (χ2v) is 3.92. The highest BCUT2D eigenvalue weighted by Crippen LogP contribution is 2.15. The Morgan fingerprint density at radius 3 is 2.77 bits per heavy atom. The van der Waals surface area contributed by atoms with Gasteiger partial charge in [-0.15, -0.1) is 6.42 Å². The molecule has 13 heavy (non-hydrogen) atoms. The van der Waals surface area contributed by atoms with E-state index in [-0.39, 0.29) is 0 Å². The highest BCUT2D eigenvalue weighted by Gasteiger charge is 2.12. The molecule has 0 unspecified atom stereocenters. The molecule has 1 N–H and O–H groups in total. The highest BCUT2D eigenvalue weighted by atomic mass is 15.1. The van der Waals surface area contributed by atoms with Crippen LogP contribution in [0, 0.1) is 18.3 Å². The summed E-state index contributed by atoms with van der Waals surface area (Å²) in [6.45, 7) is 4.33. The molecule has 2 heteroatoms. The fourth-order valence-electron chi connectivity index (χ4n) is 1.81. The number of terminal acetylenes is 1. The minimum Gasteiger partial charge on any atom is -0.317 e. The summed E-state index contributed by atoms with van der Waals surface area (Å²) in [4.78, 5) is 2.22. The third-order valence-corrected chi connectivity index (χ3v) is 2.74. The summed E-state index contributed by atoms with van der Waals surface area (Å²) in [7, 11) is 2.10. The molecule has 0 aliphatic carbocycles. The van der Waals surface area contributed by atoms with E-state index in [0.29, 0.717) is 0 Å². The molecule has 0 saturated carbocycles. The van der Waals surface area contributed by atoms with Crippen LogP contribution in [0.15, 0.2) is 0 Å². The van der Waals surface area contributed by atoms with Gasteiger partial charge in [-0.2, -0.15) is 0 Å². The molecule has 0 amide bonds. The van der Waals surface area contributed by atoms with Crippen molar-refractivity contribution in [2.75, 3.05) is 33.2 Å². The average molecular weight is 180 g/mol. The van der Waals surface area contributed by atoms with Gasteiger partial charge in [0.25, 0.3) is 0 Å². The molecular formula is C11H20N2. The van der Waals surface area contributed by atoms with Gasteiger partial charge in [-0.25, -0.2) is 0 Å². The lowest BCUT2D eigenvalue weighted by molar-refractivity contribution is 0.289. The standard InChI is InChI=1S/C11H20N2/c1-3-9-13(2)10-6-11-4-7-12-8-5-11/h1,11-12H,4-10H2,2H3. The Morgan fingerprint density at radius 1 is 1.46 bits per heavy atom. The number of nitrogens with zero attached hydrogens (tertiary/aromatic N) is 1. The molecule has 0 aromatic rings. The molecule has 1 fully saturated rings. The zero-order valence-electron chi connectivity index (χ0n) is 8.55. The molecule has 0 radical (unpaired) electrons. The molecule has 0 aromatic heterocycles. The first kappa shape index (κ1) is 10.6. The van der Waals surface area contributed by atoms with Crippen LogP contribution in [-0.4, -0.2) is 38.1 Å². The van der Waals surface area contributed by atoms with Gasteiger partial charge >= 0.3 is 0 Å². The quantitative estimate of drug-likeness (QED) is 0.648. The largest absolute Gasteiger partial charge is 0.317 e. The van der Waals surface area contributed by atoms with E-state index in [2.05, 4.69) is 23.2 Å². The average Bonchev–Trinajstić information content (AvgIpc) is 2.17. The Morgan fingerprint density at radius 2 is 2.15 bits per heavy atom. The van der Waals surface area contributed by atoms with Gasteiger partial charge in [-0.3, -0.25) is 4.90 Å². The van der Waals surface area contributed by atoms with Crippen LogP contribution in [0.25, 0.3) is 0 Å². The van der Waals surface area contributed by atoms with E-state index in [1.54, 1.807) is 0 Å². The van der Waals surface area contributed by atoms with E-state index in [1.807, 2.05) is 0 Å². The Hall–Kier alpha value is -0.520. The van der Waals surface area contributed by atoms with Crippen LogP contribution in [0.5, 0.6) is 0 Å². The molecule has 1 rings (SSSR count). The van der Waals surface area contributed by atoms with Crippen molar-refractivity contribution in [1.29, 1.82) is 0 Å². The van der Waals surface area contributed by atoms with Crippen molar-refractivity contribution in [3.8, 4) is 12.3 Å². The van der Waals surface area contributed by atoms with E-state index in [9.17, 15) is 0 Å². The molecular weight excluding hydrogens is 160 g/mol. The fourth-order valence-corrected chi connectivity index (χ4v) is 1.81. The predicted molar refractivity (Wildman–Crippen MR) is 56.5 cm³/mol. The summed E-state index contributed by atoms with van der Waals surface area (Å²) < 4.78 is 0. The van der Waals surface area contributed by atoms with E-state index in [4.69, 9.17) is 6.42 Å². The number of piperidine rings is 1. The first-order valence-corrected chi connectivity index (χ1v) is 5.15. The van der Waals surface area contributed by atoms with Gasteiger partial charge in [-0.1, -0.05) is 5.92 Å². The summed E-state index contributed by atoms with van der Waals surface area (Å²) >= 11 is 0. The van der Waals surface area contributed by atoms with Crippen LogP contribution in [0.3, 0.4) is 0 Å². The third kappa shape index (κ3) is 4.31. The first-order valence-electron chi connectivity index (χ1n) is 5.15. The van der Waals surface area contributed by atoms with Crippen LogP contribution in [0.2, 0.25) is 0 Å². The molecule has 0 atom stereocenters. The Balaban J connectivity index is 2.07. The lowest BCUT2D eigenvalue weighted by atomic mass is 9.94. The zero-order chi connectivity index (χ0) is 9.52. The zero-order valence-corrected chi connectivity index (χ0v) is 8.55. The van der Waals surface area contributed by atoms with Crippen molar-refractivity contribution in [1.82, 2.24) is 10.2 Å². The Labute approximate surface area is 81.7 Å². The van der Waals surface area contributed by atoms with Crippen LogP contribution in [0.4, 0.5) is 0 Å². The molecule has 1 aliphatic heterocycles. The smallest absolute Gasteiger partial charge is 0.0596 e. The van der Waals surface area contributed by atoms with Gasteiger partial charge in [0.15, 0.2) is 0 Å².